The molecule has 1 fully saturated rings. The molecule has 0 aliphatic carbocycles. The number of carbonyl (C=O) groups is 2. The average molecular weight is 258 g/mol. The lowest BCUT2D eigenvalue weighted by Crippen LogP contribution is -2.44. The van der Waals surface area contributed by atoms with Crippen molar-refractivity contribution in [2.24, 2.45) is 5.73 Å². The Balaban J connectivity index is 2.30. The Labute approximate surface area is 105 Å². The van der Waals surface area contributed by atoms with Crippen LogP contribution in [0.4, 0.5) is 0 Å². The second-order valence-electron chi connectivity index (χ2n) is 3.64. The van der Waals surface area contributed by atoms with E-state index in [1.165, 1.54) is 0 Å². The molecule has 1 aliphatic rings. The number of ether oxygens (including phenoxy) is 3. The van der Waals surface area contributed by atoms with Gasteiger partial charge in [0.05, 0.1) is 18.9 Å². The first kappa shape index (κ1) is 14.5. The van der Waals surface area contributed by atoms with Crippen molar-refractivity contribution in [3.8, 4) is 0 Å². The summed E-state index contributed by atoms with van der Waals surface area (Å²) in [4.78, 5) is 22.6. The van der Waals surface area contributed by atoms with E-state index in [1.54, 1.807) is 6.92 Å². The van der Waals surface area contributed by atoms with Gasteiger partial charge in [0.2, 0.25) is 0 Å². The van der Waals surface area contributed by atoms with Crippen LogP contribution in [0.2, 0.25) is 0 Å². The molecule has 1 saturated heterocycles. The van der Waals surface area contributed by atoms with E-state index in [0.717, 1.165) is 6.08 Å². The fourth-order valence-corrected chi connectivity index (χ4v) is 1.34. The summed E-state index contributed by atoms with van der Waals surface area (Å²) in [5, 5.41) is 3.01. The van der Waals surface area contributed by atoms with Crippen LogP contribution < -0.4 is 11.1 Å². The Bertz CT molecular complexity index is 323. The minimum atomic E-state index is -0.617. The summed E-state index contributed by atoms with van der Waals surface area (Å²) in [6.07, 6.45) is 0.477. The van der Waals surface area contributed by atoms with Gasteiger partial charge in [0, 0.05) is 19.2 Å². The van der Waals surface area contributed by atoms with E-state index in [-0.39, 0.29) is 18.9 Å². The molecule has 1 aliphatic heterocycles. The van der Waals surface area contributed by atoms with Crippen LogP contribution in [0.15, 0.2) is 11.8 Å². The van der Waals surface area contributed by atoms with Gasteiger partial charge in [-0.1, -0.05) is 0 Å². The van der Waals surface area contributed by atoms with E-state index < -0.39 is 18.0 Å². The van der Waals surface area contributed by atoms with Gasteiger partial charge in [-0.15, -0.1) is 0 Å². The lowest BCUT2D eigenvalue weighted by Gasteiger charge is -2.21. The Hall–Kier alpha value is -1.60. The molecular formula is C11H18N2O5. The van der Waals surface area contributed by atoms with E-state index in [0.29, 0.717) is 19.7 Å². The van der Waals surface area contributed by atoms with E-state index in [9.17, 15) is 9.59 Å². The lowest BCUT2D eigenvalue weighted by molar-refractivity contribution is -0.157. The molecule has 3 N–H and O–H groups in total. The zero-order valence-corrected chi connectivity index (χ0v) is 10.3. The third-order valence-electron chi connectivity index (χ3n) is 2.16. The lowest BCUT2D eigenvalue weighted by atomic mass is 10.3. The molecule has 0 radical (unpaired) electrons. The van der Waals surface area contributed by atoms with Gasteiger partial charge >= 0.3 is 11.9 Å². The van der Waals surface area contributed by atoms with Gasteiger partial charge in [0.1, 0.15) is 6.61 Å². The zero-order valence-electron chi connectivity index (χ0n) is 10.3. The quantitative estimate of drug-likeness (QED) is 0.478. The topological polar surface area (TPSA) is 99.9 Å². The van der Waals surface area contributed by atoms with E-state index in [2.05, 4.69) is 10.1 Å². The van der Waals surface area contributed by atoms with Crippen LogP contribution in [0, 0.1) is 0 Å². The smallest absolute Gasteiger partial charge is 0.336 e. The van der Waals surface area contributed by atoms with Crippen molar-refractivity contribution in [3.63, 3.8) is 0 Å². The molecule has 0 spiro atoms. The highest BCUT2D eigenvalue weighted by molar-refractivity contribution is 5.82. The van der Waals surface area contributed by atoms with Gasteiger partial charge in [0.25, 0.3) is 0 Å². The molecule has 1 rings (SSSR count). The van der Waals surface area contributed by atoms with Gasteiger partial charge in [-0.2, -0.15) is 0 Å². The second-order valence-corrected chi connectivity index (χ2v) is 3.64. The molecule has 0 amide bonds. The minimum Gasteiger partial charge on any atom is -0.463 e. The third-order valence-corrected chi connectivity index (χ3v) is 2.16. The van der Waals surface area contributed by atoms with Crippen LogP contribution in [-0.4, -0.2) is 51.0 Å². The van der Waals surface area contributed by atoms with Crippen molar-refractivity contribution >= 4 is 11.9 Å². The number of nitrogens with one attached hydrogen (secondary N) is 1. The summed E-state index contributed by atoms with van der Waals surface area (Å²) >= 11 is 0. The van der Waals surface area contributed by atoms with Crippen LogP contribution >= 0.6 is 0 Å². The summed E-state index contributed by atoms with van der Waals surface area (Å²) in [5.74, 6) is -1.05. The molecule has 0 bridgehead atoms. The van der Waals surface area contributed by atoms with Gasteiger partial charge in [-0.25, -0.2) is 9.59 Å². The standard InChI is InChI=1S/C11H18N2O5/c1-2-16-10(14)5-8(12)7-18-11(15)9-6-13-3-4-17-9/h5,9,13H,2-4,6-7,12H2,1H3. The number of esters is 2. The van der Waals surface area contributed by atoms with Crippen molar-refractivity contribution in [2.75, 3.05) is 32.9 Å². The van der Waals surface area contributed by atoms with E-state index >= 15 is 0 Å². The van der Waals surface area contributed by atoms with Gasteiger partial charge in [-0.05, 0) is 6.92 Å². The van der Waals surface area contributed by atoms with Crippen molar-refractivity contribution < 1.29 is 23.8 Å². The highest BCUT2D eigenvalue weighted by Gasteiger charge is 2.23. The third kappa shape index (κ3) is 5.15. The number of hydrogen-bond acceptors (Lipinski definition) is 7. The van der Waals surface area contributed by atoms with Crippen molar-refractivity contribution in [3.05, 3.63) is 11.8 Å². The highest BCUT2D eigenvalue weighted by atomic mass is 16.6. The Kier molecular flexibility index (Phi) is 6.16. The normalized spacial score (nSPS) is 20.3. The van der Waals surface area contributed by atoms with Crippen LogP contribution in [-0.2, 0) is 23.8 Å². The number of rotatable bonds is 5. The molecule has 0 aromatic carbocycles. The maximum absolute atomic E-state index is 11.5. The molecule has 0 saturated carbocycles. The molecule has 18 heavy (non-hydrogen) atoms. The van der Waals surface area contributed by atoms with Crippen LogP contribution in [0.25, 0.3) is 0 Å². The fraction of sp³-hybridized carbons (Fsp3) is 0.636. The molecular weight excluding hydrogens is 240 g/mol. The zero-order chi connectivity index (χ0) is 13.4. The molecule has 7 nitrogen and oxygen atoms in total. The summed E-state index contributed by atoms with van der Waals surface area (Å²) in [5.41, 5.74) is 5.64. The number of morpholine rings is 1. The molecule has 1 heterocycles. The Morgan fingerprint density at radius 3 is 2.89 bits per heavy atom. The van der Waals surface area contributed by atoms with Crippen molar-refractivity contribution in [1.82, 2.24) is 5.32 Å². The SMILES string of the molecule is CCOC(=O)C=C(N)COC(=O)C1CNCCO1. The largest absolute Gasteiger partial charge is 0.463 e. The van der Waals surface area contributed by atoms with Crippen LogP contribution in [0.1, 0.15) is 6.92 Å². The van der Waals surface area contributed by atoms with Gasteiger partial charge in [-0.3, -0.25) is 0 Å². The average Bonchev–Trinajstić information content (AvgIpc) is 2.37. The molecule has 1 unspecified atom stereocenters. The van der Waals surface area contributed by atoms with E-state index in [1.807, 2.05) is 0 Å². The minimum absolute atomic E-state index is 0.130. The molecule has 0 aromatic heterocycles. The molecule has 0 aromatic rings. The number of nitrogens with two attached hydrogens (primary N) is 1. The van der Waals surface area contributed by atoms with Gasteiger partial charge < -0.3 is 25.3 Å². The van der Waals surface area contributed by atoms with Gasteiger partial charge in [0.15, 0.2) is 6.10 Å². The number of hydrogen-bond donors (Lipinski definition) is 2. The first-order valence-corrected chi connectivity index (χ1v) is 5.75. The Morgan fingerprint density at radius 2 is 2.28 bits per heavy atom. The van der Waals surface area contributed by atoms with Crippen molar-refractivity contribution in [1.29, 1.82) is 0 Å². The summed E-state index contributed by atoms with van der Waals surface area (Å²) < 4.78 is 14.8. The monoisotopic (exact) mass is 258 g/mol. The predicted molar refractivity (Wildman–Crippen MR) is 62.5 cm³/mol. The summed E-state index contributed by atoms with van der Waals surface area (Å²) in [6, 6.07) is 0. The first-order valence-electron chi connectivity index (χ1n) is 5.75. The molecule has 7 heteroatoms. The van der Waals surface area contributed by atoms with Crippen LogP contribution in [0.5, 0.6) is 0 Å². The predicted octanol–water partition coefficient (Wildman–Crippen LogP) is -1.08. The second kappa shape index (κ2) is 7.67. The summed E-state index contributed by atoms with van der Waals surface area (Å²) in [7, 11) is 0. The number of carbonyl (C=O) groups excluding carboxylic acids is 2. The van der Waals surface area contributed by atoms with E-state index in [4.69, 9.17) is 15.2 Å². The molecule has 1 atom stereocenters. The van der Waals surface area contributed by atoms with Crippen LogP contribution in [0.3, 0.4) is 0 Å². The molecule has 102 valence electrons. The summed E-state index contributed by atoms with van der Waals surface area (Å²) in [6.45, 7) is 3.40. The maximum atomic E-state index is 11.5. The van der Waals surface area contributed by atoms with Crippen molar-refractivity contribution in [2.45, 2.75) is 13.0 Å². The maximum Gasteiger partial charge on any atom is 0.336 e. The highest BCUT2D eigenvalue weighted by Crippen LogP contribution is 2.00. The Morgan fingerprint density at radius 1 is 1.50 bits per heavy atom. The first-order chi connectivity index (χ1) is 8.63. The fourth-order valence-electron chi connectivity index (χ4n) is 1.34.